The molecule has 20 heavy (non-hydrogen) atoms. The van der Waals surface area contributed by atoms with Crippen molar-refractivity contribution in [3.05, 3.63) is 45.3 Å². The van der Waals surface area contributed by atoms with Gasteiger partial charge in [0, 0.05) is 13.3 Å². The van der Waals surface area contributed by atoms with E-state index in [4.69, 9.17) is 4.74 Å². The molecule has 0 spiro atoms. The molecule has 2 aromatic rings. The van der Waals surface area contributed by atoms with Gasteiger partial charge in [-0.05, 0) is 22.0 Å². The molecule has 0 bridgehead atoms. The third kappa shape index (κ3) is 3.61. The standard InChI is InChI=1S/C12H14BrN5O2/c1-20-5-4-18-12(19)11(13)10(7-17-18)15-6-9-2-3-14-8-16-9/h2-3,7-8,15H,4-6H2,1H3. The highest BCUT2D eigenvalue weighted by Gasteiger charge is 2.08. The average molecular weight is 340 g/mol. The Kier molecular flexibility index (Phi) is 5.19. The number of anilines is 1. The van der Waals surface area contributed by atoms with Crippen molar-refractivity contribution in [2.24, 2.45) is 0 Å². The summed E-state index contributed by atoms with van der Waals surface area (Å²) in [6.07, 6.45) is 4.75. The van der Waals surface area contributed by atoms with Gasteiger partial charge in [-0.2, -0.15) is 5.10 Å². The van der Waals surface area contributed by atoms with Gasteiger partial charge in [0.05, 0.1) is 37.3 Å². The molecule has 0 fully saturated rings. The highest BCUT2D eigenvalue weighted by atomic mass is 79.9. The van der Waals surface area contributed by atoms with Gasteiger partial charge in [-0.1, -0.05) is 0 Å². The summed E-state index contributed by atoms with van der Waals surface area (Å²) in [5, 5.41) is 7.20. The van der Waals surface area contributed by atoms with E-state index in [0.29, 0.717) is 29.9 Å². The van der Waals surface area contributed by atoms with E-state index < -0.39 is 0 Å². The quantitative estimate of drug-likeness (QED) is 0.847. The van der Waals surface area contributed by atoms with Gasteiger partial charge in [0.1, 0.15) is 10.8 Å². The zero-order valence-electron chi connectivity index (χ0n) is 10.9. The Labute approximate surface area is 124 Å². The van der Waals surface area contributed by atoms with Gasteiger partial charge in [0.25, 0.3) is 5.56 Å². The van der Waals surface area contributed by atoms with Crippen LogP contribution in [0.4, 0.5) is 5.69 Å². The Hall–Kier alpha value is -1.80. The summed E-state index contributed by atoms with van der Waals surface area (Å²) in [5.74, 6) is 0. The Morgan fingerprint density at radius 3 is 3.05 bits per heavy atom. The molecule has 0 aromatic carbocycles. The van der Waals surface area contributed by atoms with Crippen LogP contribution in [0.5, 0.6) is 0 Å². The zero-order chi connectivity index (χ0) is 14.4. The van der Waals surface area contributed by atoms with Crippen LogP contribution in [0, 0.1) is 0 Å². The summed E-state index contributed by atoms with van der Waals surface area (Å²) in [4.78, 5) is 20.0. The molecule has 0 aliphatic rings. The summed E-state index contributed by atoms with van der Waals surface area (Å²) in [6.45, 7) is 1.34. The van der Waals surface area contributed by atoms with Gasteiger partial charge in [0.15, 0.2) is 0 Å². The molecule has 1 N–H and O–H groups in total. The third-order valence-electron chi connectivity index (χ3n) is 2.60. The summed E-state index contributed by atoms with van der Waals surface area (Å²) < 4.78 is 6.72. The molecule has 0 unspecified atom stereocenters. The fourth-order valence-electron chi connectivity index (χ4n) is 1.53. The molecule has 2 heterocycles. The normalized spacial score (nSPS) is 10.5. The fourth-order valence-corrected chi connectivity index (χ4v) is 1.98. The first-order chi connectivity index (χ1) is 9.72. The van der Waals surface area contributed by atoms with E-state index in [1.807, 2.05) is 0 Å². The summed E-state index contributed by atoms with van der Waals surface area (Å²) in [6, 6.07) is 1.80. The van der Waals surface area contributed by atoms with Crippen molar-refractivity contribution in [1.29, 1.82) is 0 Å². The molecule has 0 atom stereocenters. The van der Waals surface area contributed by atoms with E-state index in [0.717, 1.165) is 5.69 Å². The van der Waals surface area contributed by atoms with Gasteiger partial charge < -0.3 is 10.1 Å². The van der Waals surface area contributed by atoms with Crippen LogP contribution in [0.25, 0.3) is 0 Å². The van der Waals surface area contributed by atoms with Gasteiger partial charge in [-0.25, -0.2) is 14.6 Å². The van der Waals surface area contributed by atoms with E-state index in [2.05, 4.69) is 36.3 Å². The van der Waals surface area contributed by atoms with Crippen LogP contribution in [0.3, 0.4) is 0 Å². The smallest absolute Gasteiger partial charge is 0.283 e. The number of nitrogens with zero attached hydrogens (tertiary/aromatic N) is 4. The highest BCUT2D eigenvalue weighted by molar-refractivity contribution is 9.10. The zero-order valence-corrected chi connectivity index (χ0v) is 12.5. The van der Waals surface area contributed by atoms with Crippen LogP contribution in [-0.4, -0.2) is 33.5 Å². The second-order valence-electron chi connectivity index (χ2n) is 3.95. The first kappa shape index (κ1) is 14.6. The number of methoxy groups -OCH3 is 1. The maximum absolute atomic E-state index is 12.0. The molecule has 0 saturated carbocycles. The van der Waals surface area contributed by atoms with Crippen LogP contribution < -0.4 is 10.9 Å². The molecule has 0 amide bonds. The molecule has 0 saturated heterocycles. The lowest BCUT2D eigenvalue weighted by atomic mass is 10.4. The Morgan fingerprint density at radius 2 is 2.35 bits per heavy atom. The van der Waals surface area contributed by atoms with Crippen molar-refractivity contribution in [2.45, 2.75) is 13.1 Å². The van der Waals surface area contributed by atoms with E-state index in [1.54, 1.807) is 25.6 Å². The molecule has 0 radical (unpaired) electrons. The SMILES string of the molecule is COCCn1ncc(NCc2ccncn2)c(Br)c1=O. The minimum Gasteiger partial charge on any atom is -0.383 e. The van der Waals surface area contributed by atoms with Crippen LogP contribution in [0.15, 0.2) is 34.1 Å². The first-order valence-corrected chi connectivity index (χ1v) is 6.75. The summed E-state index contributed by atoms with van der Waals surface area (Å²) in [7, 11) is 1.58. The van der Waals surface area contributed by atoms with Crippen molar-refractivity contribution in [2.75, 3.05) is 19.0 Å². The summed E-state index contributed by atoms with van der Waals surface area (Å²) >= 11 is 3.29. The lowest BCUT2D eigenvalue weighted by Gasteiger charge is -2.09. The molecule has 8 heteroatoms. The van der Waals surface area contributed by atoms with Crippen LogP contribution in [-0.2, 0) is 17.8 Å². The Balaban J connectivity index is 2.09. The number of hydrogen-bond donors (Lipinski definition) is 1. The number of aromatic nitrogens is 4. The minimum absolute atomic E-state index is 0.199. The lowest BCUT2D eigenvalue weighted by molar-refractivity contribution is 0.181. The summed E-state index contributed by atoms with van der Waals surface area (Å²) in [5.41, 5.74) is 1.26. The predicted molar refractivity (Wildman–Crippen MR) is 77.4 cm³/mol. The maximum Gasteiger partial charge on any atom is 0.283 e. The monoisotopic (exact) mass is 339 g/mol. The number of rotatable bonds is 6. The highest BCUT2D eigenvalue weighted by Crippen LogP contribution is 2.16. The topological polar surface area (TPSA) is 81.9 Å². The largest absolute Gasteiger partial charge is 0.383 e. The predicted octanol–water partition coefficient (Wildman–Crippen LogP) is 1.05. The lowest BCUT2D eigenvalue weighted by Crippen LogP contribution is -2.26. The van der Waals surface area contributed by atoms with Crippen molar-refractivity contribution >= 4 is 21.6 Å². The second-order valence-corrected chi connectivity index (χ2v) is 4.74. The van der Waals surface area contributed by atoms with Gasteiger partial charge in [0.2, 0.25) is 0 Å². The molecular formula is C12H14BrN5O2. The number of nitrogens with one attached hydrogen (secondary N) is 1. The molecule has 2 rings (SSSR count). The Morgan fingerprint density at radius 1 is 1.50 bits per heavy atom. The molecule has 0 aliphatic heterocycles. The molecule has 106 valence electrons. The van der Waals surface area contributed by atoms with Crippen molar-refractivity contribution < 1.29 is 4.74 Å². The van der Waals surface area contributed by atoms with Gasteiger partial charge in [-0.15, -0.1) is 0 Å². The van der Waals surface area contributed by atoms with E-state index >= 15 is 0 Å². The minimum atomic E-state index is -0.199. The number of halogens is 1. The average Bonchev–Trinajstić information content (AvgIpc) is 2.49. The molecule has 7 nitrogen and oxygen atoms in total. The molecule has 2 aromatic heterocycles. The fraction of sp³-hybridized carbons (Fsp3) is 0.333. The molecular weight excluding hydrogens is 326 g/mol. The van der Waals surface area contributed by atoms with Crippen molar-refractivity contribution in [1.82, 2.24) is 19.7 Å². The van der Waals surface area contributed by atoms with Crippen LogP contribution >= 0.6 is 15.9 Å². The number of ether oxygens (including phenoxy) is 1. The Bertz CT molecular complexity index is 617. The second kappa shape index (κ2) is 7.11. The van der Waals surface area contributed by atoms with E-state index in [9.17, 15) is 4.79 Å². The van der Waals surface area contributed by atoms with E-state index in [-0.39, 0.29) is 5.56 Å². The van der Waals surface area contributed by atoms with E-state index in [1.165, 1.54) is 11.0 Å². The first-order valence-electron chi connectivity index (χ1n) is 5.95. The van der Waals surface area contributed by atoms with Crippen LogP contribution in [0.1, 0.15) is 5.69 Å². The van der Waals surface area contributed by atoms with Crippen molar-refractivity contribution in [3.8, 4) is 0 Å². The maximum atomic E-state index is 12.0. The molecule has 0 aliphatic carbocycles. The number of hydrogen-bond acceptors (Lipinski definition) is 6. The van der Waals surface area contributed by atoms with Gasteiger partial charge >= 0.3 is 0 Å². The third-order valence-corrected chi connectivity index (χ3v) is 3.36. The van der Waals surface area contributed by atoms with Crippen molar-refractivity contribution in [3.63, 3.8) is 0 Å². The van der Waals surface area contributed by atoms with Crippen LogP contribution in [0.2, 0.25) is 0 Å². The van der Waals surface area contributed by atoms with Gasteiger partial charge in [-0.3, -0.25) is 4.79 Å².